The van der Waals surface area contributed by atoms with Gasteiger partial charge in [-0.05, 0) is 73.8 Å². The van der Waals surface area contributed by atoms with E-state index in [1.54, 1.807) is 11.3 Å². The lowest BCUT2D eigenvalue weighted by Gasteiger charge is -2.14. The van der Waals surface area contributed by atoms with Crippen LogP contribution in [0.2, 0.25) is 0 Å². The largest absolute Gasteiger partial charge is 0.227 e. The molecule has 0 spiro atoms. The molecule has 0 aliphatic heterocycles. The summed E-state index contributed by atoms with van der Waals surface area (Å²) >= 11 is 1.70. The minimum absolute atomic E-state index is 0.569. The molecular weight excluding hydrogens is 763 g/mol. The summed E-state index contributed by atoms with van der Waals surface area (Å²) in [6.45, 7) is 0. The van der Waals surface area contributed by atoms with Crippen LogP contribution >= 0.6 is 11.3 Å². The van der Waals surface area contributed by atoms with E-state index < -0.39 is 0 Å². The number of fused-ring (bicyclic) bond motifs is 9. The molecule has 0 aliphatic carbocycles. The normalized spacial score (nSPS) is 11.6. The number of rotatable bonds is 6. The SMILES string of the molecule is c1ccc(-c2nc(-c3ccccc3)nc(-c3cc(-c4ccc5c6ccccc6c6ccccc6c5c4)cc(-c4nc(-c5ccccc5)c5c(n4)sc4ccccc45)c3)n2)cc1. The van der Waals surface area contributed by atoms with E-state index in [1.807, 2.05) is 66.7 Å². The van der Waals surface area contributed by atoms with Crippen LogP contribution in [0.1, 0.15) is 0 Å². The quantitative estimate of drug-likeness (QED) is 0.157. The molecule has 0 saturated heterocycles. The maximum Gasteiger partial charge on any atom is 0.164 e. The second kappa shape index (κ2) is 14.4. The van der Waals surface area contributed by atoms with Gasteiger partial charge in [-0.3, -0.25) is 0 Å². The van der Waals surface area contributed by atoms with Crippen LogP contribution < -0.4 is 0 Å². The molecule has 12 rings (SSSR count). The van der Waals surface area contributed by atoms with Crippen LogP contribution in [0.15, 0.2) is 200 Å². The van der Waals surface area contributed by atoms with E-state index >= 15 is 0 Å². The molecule has 3 aromatic heterocycles. The van der Waals surface area contributed by atoms with Gasteiger partial charge in [0.25, 0.3) is 0 Å². The lowest BCUT2D eigenvalue weighted by atomic mass is 9.91. The molecule has 0 radical (unpaired) electrons. The van der Waals surface area contributed by atoms with Gasteiger partial charge in [0.15, 0.2) is 23.3 Å². The standard InChI is InChI=1S/C55H33N5S/c1-4-16-34(17-5-1)50-49-46-26-14-15-27-48(46)61-55(49)60-53(56-50)39-30-38(37-28-29-45-43-24-11-10-22-41(43)42-23-12-13-25-44(42)47(45)33-37)31-40(32-39)54-58-51(35-18-6-2-7-19-35)57-52(59-54)36-20-8-3-9-21-36/h1-33H. The molecule has 284 valence electrons. The fourth-order valence-electron chi connectivity index (χ4n) is 8.63. The van der Waals surface area contributed by atoms with E-state index in [-0.39, 0.29) is 0 Å². The van der Waals surface area contributed by atoms with Gasteiger partial charge in [0.1, 0.15) is 4.83 Å². The summed E-state index contributed by atoms with van der Waals surface area (Å²) in [5.41, 5.74) is 7.58. The first-order chi connectivity index (χ1) is 30.2. The first kappa shape index (κ1) is 35.1. The fourth-order valence-corrected chi connectivity index (χ4v) is 9.71. The molecule has 0 amide bonds. The highest BCUT2D eigenvalue weighted by molar-refractivity contribution is 7.25. The number of hydrogen-bond acceptors (Lipinski definition) is 6. The zero-order chi connectivity index (χ0) is 40.3. The summed E-state index contributed by atoms with van der Waals surface area (Å²) in [6, 6.07) is 69.9. The second-order valence-electron chi connectivity index (χ2n) is 15.2. The summed E-state index contributed by atoms with van der Waals surface area (Å²) in [7, 11) is 0. The predicted octanol–water partition coefficient (Wildman–Crippen LogP) is 14.5. The molecular formula is C55H33N5S. The molecule has 61 heavy (non-hydrogen) atoms. The maximum absolute atomic E-state index is 5.43. The van der Waals surface area contributed by atoms with Gasteiger partial charge in [0.05, 0.1) is 5.69 Å². The smallest absolute Gasteiger partial charge is 0.164 e. The molecule has 0 aliphatic rings. The Labute approximate surface area is 355 Å². The van der Waals surface area contributed by atoms with Crippen molar-refractivity contribution in [3.63, 3.8) is 0 Å². The Balaban J connectivity index is 1.14. The van der Waals surface area contributed by atoms with Crippen molar-refractivity contribution in [2.45, 2.75) is 0 Å². The van der Waals surface area contributed by atoms with Gasteiger partial charge in [-0.2, -0.15) is 0 Å². The minimum atomic E-state index is 0.569. The van der Waals surface area contributed by atoms with Crippen molar-refractivity contribution in [1.82, 2.24) is 24.9 Å². The number of benzene rings is 9. The van der Waals surface area contributed by atoms with E-state index in [9.17, 15) is 0 Å². The number of aromatic nitrogens is 5. The third-order valence-corrected chi connectivity index (χ3v) is 12.6. The number of thiophene rings is 1. The van der Waals surface area contributed by atoms with Crippen molar-refractivity contribution in [2.75, 3.05) is 0 Å². The van der Waals surface area contributed by atoms with Gasteiger partial charge in [-0.25, -0.2) is 24.9 Å². The van der Waals surface area contributed by atoms with Gasteiger partial charge in [-0.1, -0.05) is 170 Å². The zero-order valence-corrected chi connectivity index (χ0v) is 33.5. The molecule has 0 atom stereocenters. The third-order valence-electron chi connectivity index (χ3n) is 11.5. The van der Waals surface area contributed by atoms with Crippen molar-refractivity contribution < 1.29 is 0 Å². The van der Waals surface area contributed by atoms with Crippen molar-refractivity contribution in [1.29, 1.82) is 0 Å². The van der Waals surface area contributed by atoms with Crippen LogP contribution in [-0.2, 0) is 0 Å². The summed E-state index contributed by atoms with van der Waals surface area (Å²) < 4.78 is 1.18. The Hall–Kier alpha value is -7.93. The fraction of sp³-hybridized carbons (Fsp3) is 0. The Bertz CT molecular complexity index is 3550. The number of hydrogen-bond donors (Lipinski definition) is 0. The minimum Gasteiger partial charge on any atom is -0.227 e. The van der Waals surface area contributed by atoms with Gasteiger partial charge in [0.2, 0.25) is 0 Å². The van der Waals surface area contributed by atoms with Crippen LogP contribution in [0.3, 0.4) is 0 Å². The highest BCUT2D eigenvalue weighted by Crippen LogP contribution is 2.42. The molecule has 0 fully saturated rings. The van der Waals surface area contributed by atoms with E-state index in [2.05, 4.69) is 133 Å². The second-order valence-corrected chi connectivity index (χ2v) is 16.3. The lowest BCUT2D eigenvalue weighted by Crippen LogP contribution is -2.01. The molecule has 6 heteroatoms. The van der Waals surface area contributed by atoms with Crippen LogP contribution in [0.25, 0.3) is 121 Å². The van der Waals surface area contributed by atoms with Gasteiger partial charge >= 0.3 is 0 Å². The first-order valence-electron chi connectivity index (χ1n) is 20.3. The van der Waals surface area contributed by atoms with E-state index in [1.165, 1.54) is 37.0 Å². The van der Waals surface area contributed by atoms with Gasteiger partial charge in [0, 0.05) is 43.3 Å². The average Bonchev–Trinajstić information content (AvgIpc) is 3.73. The Morgan fingerprint density at radius 2 is 0.689 bits per heavy atom. The van der Waals surface area contributed by atoms with Gasteiger partial charge in [-0.15, -0.1) is 11.3 Å². The summed E-state index contributed by atoms with van der Waals surface area (Å²) in [4.78, 5) is 27.1. The summed E-state index contributed by atoms with van der Waals surface area (Å²) in [6.07, 6.45) is 0. The zero-order valence-electron chi connectivity index (χ0n) is 32.7. The Morgan fingerprint density at radius 3 is 1.26 bits per heavy atom. The van der Waals surface area contributed by atoms with Crippen LogP contribution in [-0.4, -0.2) is 24.9 Å². The van der Waals surface area contributed by atoms with Crippen molar-refractivity contribution >= 4 is 64.0 Å². The summed E-state index contributed by atoms with van der Waals surface area (Å²) in [5, 5.41) is 9.60. The molecule has 0 unspecified atom stereocenters. The molecule has 12 aromatic rings. The molecule has 0 saturated carbocycles. The number of nitrogens with zero attached hydrogens (tertiary/aromatic N) is 5. The summed E-state index contributed by atoms with van der Waals surface area (Å²) in [5.74, 6) is 2.42. The van der Waals surface area contributed by atoms with Crippen LogP contribution in [0.5, 0.6) is 0 Å². The molecule has 0 bridgehead atoms. The van der Waals surface area contributed by atoms with Crippen molar-refractivity contribution in [3.8, 4) is 67.9 Å². The van der Waals surface area contributed by atoms with Crippen molar-refractivity contribution in [3.05, 3.63) is 200 Å². The molecule has 5 nitrogen and oxygen atoms in total. The van der Waals surface area contributed by atoms with E-state index in [4.69, 9.17) is 24.9 Å². The van der Waals surface area contributed by atoms with Crippen molar-refractivity contribution in [2.24, 2.45) is 0 Å². The van der Waals surface area contributed by atoms with Crippen LogP contribution in [0.4, 0.5) is 0 Å². The topological polar surface area (TPSA) is 64.5 Å². The lowest BCUT2D eigenvalue weighted by molar-refractivity contribution is 1.07. The van der Waals surface area contributed by atoms with Crippen LogP contribution in [0, 0.1) is 0 Å². The molecule has 0 N–H and O–H groups in total. The highest BCUT2D eigenvalue weighted by Gasteiger charge is 2.20. The third kappa shape index (κ3) is 6.12. The molecule has 3 heterocycles. The first-order valence-corrected chi connectivity index (χ1v) is 21.1. The Morgan fingerprint density at radius 1 is 0.262 bits per heavy atom. The Kier molecular flexibility index (Phi) is 8.28. The van der Waals surface area contributed by atoms with E-state index in [0.29, 0.717) is 23.3 Å². The average molecular weight is 796 g/mol. The predicted molar refractivity (Wildman–Crippen MR) is 253 cm³/mol. The molecule has 9 aromatic carbocycles. The monoisotopic (exact) mass is 795 g/mol. The highest BCUT2D eigenvalue weighted by atomic mass is 32.1. The van der Waals surface area contributed by atoms with E-state index in [0.717, 1.165) is 60.2 Å². The maximum atomic E-state index is 5.43. The van der Waals surface area contributed by atoms with Gasteiger partial charge < -0.3 is 0 Å².